The number of fused-ring (bicyclic) bond motifs is 1. The van der Waals surface area contributed by atoms with Crippen LogP contribution in [0.3, 0.4) is 0 Å². The first-order valence-corrected chi connectivity index (χ1v) is 14.3. The van der Waals surface area contributed by atoms with Gasteiger partial charge in [0.1, 0.15) is 11.7 Å². The van der Waals surface area contributed by atoms with E-state index in [1.54, 1.807) is 0 Å². The minimum Gasteiger partial charge on any atom is -0.379 e. The fraction of sp³-hybridized carbons (Fsp3) is 0.621. The number of ether oxygens (including phenoxy) is 1. The molecule has 2 N–H and O–H groups in total. The van der Waals surface area contributed by atoms with E-state index >= 15 is 0 Å². The number of benzene rings is 1. The third-order valence-corrected chi connectivity index (χ3v) is 7.89. The van der Waals surface area contributed by atoms with Crippen molar-refractivity contribution in [3.8, 4) is 6.07 Å². The Morgan fingerprint density at radius 1 is 1.16 bits per heavy atom. The first-order valence-electron chi connectivity index (χ1n) is 14.0. The summed E-state index contributed by atoms with van der Waals surface area (Å²) in [6.45, 7) is 9.09. The Balaban J connectivity index is 1.48. The molecular formula is C29H40ClN5O3. The number of nitrogens with one attached hydrogen (secondary N) is 2. The molecule has 0 spiro atoms. The number of carbonyl (C=O) groups excluding carboxylic acids is 2. The summed E-state index contributed by atoms with van der Waals surface area (Å²) in [6, 6.07) is 9.05. The normalized spacial score (nSPS) is 21.2. The van der Waals surface area contributed by atoms with Crippen LogP contribution in [0.4, 0.5) is 0 Å². The molecule has 9 heteroatoms. The van der Waals surface area contributed by atoms with E-state index in [9.17, 15) is 14.9 Å². The highest BCUT2D eigenvalue weighted by molar-refractivity contribution is 6.31. The fourth-order valence-electron chi connectivity index (χ4n) is 5.69. The zero-order valence-corrected chi connectivity index (χ0v) is 23.3. The maximum Gasteiger partial charge on any atom is 0.268 e. The molecule has 0 bridgehead atoms. The number of hydrogen-bond donors (Lipinski definition) is 2. The average Bonchev–Trinajstić information content (AvgIpc) is 3.26. The highest BCUT2D eigenvalue weighted by Gasteiger charge is 2.34. The molecule has 206 valence electrons. The first-order chi connectivity index (χ1) is 18.4. The molecule has 3 atom stereocenters. The molecule has 38 heavy (non-hydrogen) atoms. The summed E-state index contributed by atoms with van der Waals surface area (Å²) in [5.41, 5.74) is 1.52. The number of nitrogens with zero attached hydrogens (tertiary/aromatic N) is 3. The lowest BCUT2D eigenvalue weighted by atomic mass is 9.83. The van der Waals surface area contributed by atoms with Gasteiger partial charge in [-0.15, -0.1) is 0 Å². The molecule has 1 aromatic carbocycles. The number of halogens is 1. The van der Waals surface area contributed by atoms with Crippen LogP contribution in [0.25, 0.3) is 10.9 Å². The standard InChI is InChI=1S/C29H40ClN5O3/c1-20(2)16-23(19-31)32-28(36)24-6-3-4-7-25(24)33-29(37)27-17-21-8-9-22(30)18-26(21)35(27)11-5-10-34-12-14-38-15-13-34/h8-9,17-18,20,23-25H,3-7,10-16H2,1-2H3,(H,32,36)(H,33,37)/t23-,24+,25-/m0/s1. The summed E-state index contributed by atoms with van der Waals surface area (Å²) >= 11 is 6.33. The topological polar surface area (TPSA) is 99.4 Å². The minimum absolute atomic E-state index is 0.139. The lowest BCUT2D eigenvalue weighted by molar-refractivity contribution is -0.127. The maximum absolute atomic E-state index is 13.7. The molecule has 0 unspecified atom stereocenters. The third kappa shape index (κ3) is 7.28. The van der Waals surface area contributed by atoms with Crippen molar-refractivity contribution in [3.05, 3.63) is 35.0 Å². The van der Waals surface area contributed by atoms with Gasteiger partial charge < -0.3 is 19.9 Å². The second kappa shape index (κ2) is 13.5. The summed E-state index contributed by atoms with van der Waals surface area (Å²) in [5.74, 6) is -0.350. The van der Waals surface area contributed by atoms with Crippen LogP contribution in [-0.2, 0) is 16.1 Å². The van der Waals surface area contributed by atoms with Crippen LogP contribution in [0.1, 0.15) is 62.9 Å². The van der Waals surface area contributed by atoms with Crippen molar-refractivity contribution in [1.82, 2.24) is 20.1 Å². The Kier molecular flexibility index (Phi) is 10.1. The summed E-state index contributed by atoms with van der Waals surface area (Å²) in [7, 11) is 0. The van der Waals surface area contributed by atoms with E-state index in [4.69, 9.17) is 16.3 Å². The number of aryl methyl sites for hydroxylation is 1. The molecule has 8 nitrogen and oxygen atoms in total. The lowest BCUT2D eigenvalue weighted by Crippen LogP contribution is -2.50. The molecule has 1 aromatic heterocycles. The number of amides is 2. The second-order valence-electron chi connectivity index (χ2n) is 11.0. The van der Waals surface area contributed by atoms with E-state index in [-0.39, 0.29) is 23.8 Å². The quantitative estimate of drug-likeness (QED) is 0.465. The van der Waals surface area contributed by atoms with Crippen molar-refractivity contribution >= 4 is 34.3 Å². The second-order valence-corrected chi connectivity index (χ2v) is 11.4. The molecule has 2 aliphatic rings. The third-order valence-electron chi connectivity index (χ3n) is 7.66. The number of hydrogen-bond acceptors (Lipinski definition) is 5. The van der Waals surface area contributed by atoms with Crippen molar-refractivity contribution in [1.29, 1.82) is 5.26 Å². The molecule has 1 aliphatic carbocycles. The van der Waals surface area contributed by atoms with Crippen LogP contribution in [-0.4, -0.2) is 66.2 Å². The van der Waals surface area contributed by atoms with Crippen LogP contribution >= 0.6 is 11.6 Å². The zero-order chi connectivity index (χ0) is 27.1. The molecule has 2 aromatic rings. The van der Waals surface area contributed by atoms with Gasteiger partial charge in [-0.25, -0.2) is 0 Å². The highest BCUT2D eigenvalue weighted by atomic mass is 35.5. The largest absolute Gasteiger partial charge is 0.379 e. The van der Waals surface area contributed by atoms with Crippen molar-refractivity contribution in [3.63, 3.8) is 0 Å². The minimum atomic E-state index is -0.514. The van der Waals surface area contributed by atoms with Gasteiger partial charge in [-0.2, -0.15) is 5.26 Å². The fourth-order valence-corrected chi connectivity index (χ4v) is 5.85. The van der Waals surface area contributed by atoms with Gasteiger partial charge in [-0.05, 0) is 49.8 Å². The predicted molar refractivity (Wildman–Crippen MR) is 149 cm³/mol. The Morgan fingerprint density at radius 2 is 1.92 bits per heavy atom. The van der Waals surface area contributed by atoms with Gasteiger partial charge in [0.15, 0.2) is 0 Å². The van der Waals surface area contributed by atoms with E-state index in [2.05, 4.69) is 26.2 Å². The summed E-state index contributed by atoms with van der Waals surface area (Å²) in [5, 5.41) is 17.2. The van der Waals surface area contributed by atoms with Gasteiger partial charge in [0, 0.05) is 42.6 Å². The number of nitriles is 1. The molecule has 2 fully saturated rings. The van der Waals surface area contributed by atoms with Crippen molar-refractivity contribution in [2.24, 2.45) is 11.8 Å². The summed E-state index contributed by atoms with van der Waals surface area (Å²) in [6.07, 6.45) is 4.85. The molecule has 4 rings (SSSR count). The van der Waals surface area contributed by atoms with Gasteiger partial charge in [-0.1, -0.05) is 44.4 Å². The molecular weight excluding hydrogens is 502 g/mol. The number of morpholine rings is 1. The first kappa shape index (κ1) is 28.4. The van der Waals surface area contributed by atoms with Crippen LogP contribution in [0.5, 0.6) is 0 Å². The lowest BCUT2D eigenvalue weighted by Gasteiger charge is -2.32. The van der Waals surface area contributed by atoms with Gasteiger partial charge in [0.05, 0.1) is 30.7 Å². The number of rotatable bonds is 10. The Hall–Kier alpha value is -2.60. The van der Waals surface area contributed by atoms with E-state index < -0.39 is 6.04 Å². The molecule has 1 saturated carbocycles. The van der Waals surface area contributed by atoms with Crippen LogP contribution in [0, 0.1) is 23.2 Å². The Bertz CT molecular complexity index is 1150. The van der Waals surface area contributed by atoms with Gasteiger partial charge in [0.2, 0.25) is 5.91 Å². The molecule has 1 aliphatic heterocycles. The molecule has 2 amide bonds. The van der Waals surface area contributed by atoms with Crippen LogP contribution in [0.15, 0.2) is 24.3 Å². The monoisotopic (exact) mass is 541 g/mol. The smallest absolute Gasteiger partial charge is 0.268 e. The maximum atomic E-state index is 13.7. The average molecular weight is 542 g/mol. The van der Waals surface area contributed by atoms with E-state index in [0.29, 0.717) is 36.0 Å². The summed E-state index contributed by atoms with van der Waals surface area (Å²) < 4.78 is 7.52. The van der Waals surface area contributed by atoms with Gasteiger partial charge >= 0.3 is 0 Å². The zero-order valence-electron chi connectivity index (χ0n) is 22.5. The van der Waals surface area contributed by atoms with E-state index in [0.717, 1.165) is 69.4 Å². The van der Waals surface area contributed by atoms with Crippen molar-refractivity contribution in [2.45, 2.75) is 71.0 Å². The predicted octanol–water partition coefficient (Wildman–Crippen LogP) is 4.36. The van der Waals surface area contributed by atoms with E-state index in [1.165, 1.54) is 0 Å². The molecule has 0 radical (unpaired) electrons. The van der Waals surface area contributed by atoms with Crippen molar-refractivity contribution < 1.29 is 14.3 Å². The van der Waals surface area contributed by atoms with Gasteiger partial charge in [-0.3, -0.25) is 14.5 Å². The van der Waals surface area contributed by atoms with Gasteiger partial charge in [0.25, 0.3) is 5.91 Å². The number of carbonyl (C=O) groups is 2. The van der Waals surface area contributed by atoms with E-state index in [1.807, 2.05) is 38.1 Å². The van der Waals surface area contributed by atoms with Crippen LogP contribution < -0.4 is 10.6 Å². The SMILES string of the molecule is CC(C)C[C@@H](C#N)NC(=O)[C@@H]1CCCC[C@@H]1NC(=O)c1cc2ccc(Cl)cc2n1CCCN1CCOCC1. The van der Waals surface area contributed by atoms with Crippen molar-refractivity contribution in [2.75, 3.05) is 32.8 Å². The highest BCUT2D eigenvalue weighted by Crippen LogP contribution is 2.28. The Morgan fingerprint density at radius 3 is 2.66 bits per heavy atom. The summed E-state index contributed by atoms with van der Waals surface area (Å²) in [4.78, 5) is 29.2. The Labute approximate surface area is 230 Å². The number of aromatic nitrogens is 1. The molecule has 2 heterocycles. The van der Waals surface area contributed by atoms with Crippen LogP contribution in [0.2, 0.25) is 5.02 Å². The molecule has 1 saturated heterocycles.